The average Bonchev–Trinajstić information content (AvgIpc) is 3.71. The van der Waals surface area contributed by atoms with Crippen LogP contribution in [0.1, 0.15) is 17.3 Å². The van der Waals surface area contributed by atoms with E-state index in [1.807, 2.05) is 18.2 Å². The highest BCUT2D eigenvalue weighted by atomic mass is 16.3. The molecular weight excluding hydrogens is 589 g/mol. The molecule has 0 fully saturated rings. The van der Waals surface area contributed by atoms with Crippen LogP contribution in [0, 0.1) is 0 Å². The van der Waals surface area contributed by atoms with Crippen LogP contribution in [0.4, 0.5) is 0 Å². The number of nitrogens with zero attached hydrogens (tertiary/aromatic N) is 3. The molecule has 0 aliphatic carbocycles. The summed E-state index contributed by atoms with van der Waals surface area (Å²) in [6, 6.07) is 54.9. The summed E-state index contributed by atoms with van der Waals surface area (Å²) in [5, 5.41) is 10.5. The Morgan fingerprint density at radius 1 is 0.479 bits per heavy atom. The molecule has 2 aromatic heterocycles. The van der Waals surface area contributed by atoms with Crippen LogP contribution in [0.5, 0.6) is 0 Å². The fourth-order valence-electron chi connectivity index (χ4n) is 7.30. The van der Waals surface area contributed by atoms with Crippen molar-refractivity contribution in [1.29, 1.82) is 0 Å². The fourth-order valence-corrected chi connectivity index (χ4v) is 7.30. The van der Waals surface area contributed by atoms with Crippen LogP contribution < -0.4 is 5.32 Å². The Morgan fingerprint density at radius 2 is 1.06 bits per heavy atom. The lowest BCUT2D eigenvalue weighted by atomic mass is 9.96. The maximum absolute atomic E-state index is 6.91. The molecule has 9 aromatic rings. The molecular formula is C43H28N4O. The second kappa shape index (κ2) is 10.5. The van der Waals surface area contributed by atoms with Crippen molar-refractivity contribution in [2.45, 2.75) is 6.17 Å². The predicted molar refractivity (Wildman–Crippen MR) is 198 cm³/mol. The molecule has 5 nitrogen and oxygen atoms in total. The lowest BCUT2D eigenvalue weighted by molar-refractivity contribution is 0.649. The van der Waals surface area contributed by atoms with E-state index in [0.29, 0.717) is 0 Å². The highest BCUT2D eigenvalue weighted by Crippen LogP contribution is 2.41. The van der Waals surface area contributed by atoms with Crippen molar-refractivity contribution >= 4 is 66.3 Å². The molecule has 1 atom stereocenters. The molecule has 1 unspecified atom stereocenters. The van der Waals surface area contributed by atoms with Crippen LogP contribution in [-0.2, 0) is 0 Å². The molecule has 0 bridgehead atoms. The summed E-state index contributed by atoms with van der Waals surface area (Å²) >= 11 is 0. The van der Waals surface area contributed by atoms with Gasteiger partial charge in [-0.2, -0.15) is 0 Å². The molecule has 1 aliphatic rings. The number of rotatable bonds is 3. The standard InChI is InChI=1S/C43H28N4O/c1-2-14-28(15-3-1)41-44-42(46-43(45-41)47-37-25-8-6-18-31(37)32-19-7-9-26-38(32)47)36-24-12-23-35-34-22-11-21-33(39(34)48-40(35)36)30-20-10-16-27-13-4-5-17-29(27)30/h1-26,42H,(H,44,45,46). The van der Waals surface area contributed by atoms with Gasteiger partial charge in [-0.05, 0) is 28.5 Å². The van der Waals surface area contributed by atoms with E-state index in [-0.39, 0.29) is 0 Å². The van der Waals surface area contributed by atoms with Gasteiger partial charge < -0.3 is 9.73 Å². The average molecular weight is 617 g/mol. The number of hydrogen-bond acceptors (Lipinski definition) is 4. The van der Waals surface area contributed by atoms with Crippen LogP contribution >= 0.6 is 0 Å². The van der Waals surface area contributed by atoms with Crippen molar-refractivity contribution in [3.63, 3.8) is 0 Å². The summed E-state index contributed by atoms with van der Waals surface area (Å²) in [5.74, 6) is 1.48. The maximum Gasteiger partial charge on any atom is 0.211 e. The minimum absolute atomic E-state index is 0.540. The van der Waals surface area contributed by atoms with Crippen LogP contribution in [0.2, 0.25) is 0 Å². The van der Waals surface area contributed by atoms with Gasteiger partial charge in [-0.3, -0.25) is 4.57 Å². The van der Waals surface area contributed by atoms with E-state index in [1.54, 1.807) is 0 Å². The van der Waals surface area contributed by atoms with Crippen LogP contribution in [-0.4, -0.2) is 16.4 Å². The minimum Gasteiger partial charge on any atom is -0.455 e. The first kappa shape index (κ1) is 26.7. The number of aromatic nitrogens is 1. The zero-order valence-corrected chi connectivity index (χ0v) is 25.8. The topological polar surface area (TPSA) is 54.8 Å². The zero-order chi connectivity index (χ0) is 31.6. The Kier molecular flexibility index (Phi) is 5.87. The molecule has 7 aromatic carbocycles. The summed E-state index contributed by atoms with van der Waals surface area (Å²) in [7, 11) is 0. The maximum atomic E-state index is 6.91. The Bertz CT molecular complexity index is 2710. The van der Waals surface area contributed by atoms with Gasteiger partial charge in [0.1, 0.15) is 17.0 Å². The van der Waals surface area contributed by atoms with Gasteiger partial charge in [-0.15, -0.1) is 0 Å². The molecule has 0 radical (unpaired) electrons. The largest absolute Gasteiger partial charge is 0.455 e. The number of hydrogen-bond donors (Lipinski definition) is 1. The first-order valence-electron chi connectivity index (χ1n) is 16.2. The first-order chi connectivity index (χ1) is 23.8. The molecule has 0 spiro atoms. The molecule has 226 valence electrons. The number of para-hydroxylation sites is 4. The Hall–Kier alpha value is -6.46. The van der Waals surface area contributed by atoms with Crippen molar-refractivity contribution in [3.8, 4) is 11.1 Å². The number of aliphatic imine (C=N–C) groups is 2. The van der Waals surface area contributed by atoms with Crippen LogP contribution in [0.15, 0.2) is 172 Å². The molecule has 1 aliphatic heterocycles. The summed E-state index contributed by atoms with van der Waals surface area (Å²) in [4.78, 5) is 10.6. The number of nitrogens with one attached hydrogen (secondary N) is 1. The van der Waals surface area contributed by atoms with E-state index in [1.165, 1.54) is 21.5 Å². The normalized spacial score (nSPS) is 14.9. The highest BCUT2D eigenvalue weighted by molar-refractivity contribution is 6.19. The number of furan rings is 1. The molecule has 0 saturated heterocycles. The zero-order valence-electron chi connectivity index (χ0n) is 25.8. The van der Waals surface area contributed by atoms with E-state index in [0.717, 1.165) is 67.0 Å². The van der Waals surface area contributed by atoms with Crippen molar-refractivity contribution in [1.82, 2.24) is 9.88 Å². The predicted octanol–water partition coefficient (Wildman–Crippen LogP) is 10.5. The third-order valence-corrected chi connectivity index (χ3v) is 9.48. The Balaban J connectivity index is 1.21. The molecule has 48 heavy (non-hydrogen) atoms. The molecule has 5 heteroatoms. The SMILES string of the molecule is c1ccc(C2=NC(c3cccc4c3oc3c(-c5cccc6ccccc56)cccc34)N=C(n3c4ccccc4c4ccccc43)N2)cc1. The lowest BCUT2D eigenvalue weighted by Crippen LogP contribution is -2.39. The van der Waals surface area contributed by atoms with Crippen molar-refractivity contribution in [2.24, 2.45) is 9.98 Å². The van der Waals surface area contributed by atoms with Gasteiger partial charge in [0.15, 0.2) is 6.17 Å². The monoisotopic (exact) mass is 616 g/mol. The van der Waals surface area contributed by atoms with Gasteiger partial charge in [-0.25, -0.2) is 9.98 Å². The van der Waals surface area contributed by atoms with E-state index in [9.17, 15) is 0 Å². The van der Waals surface area contributed by atoms with Gasteiger partial charge in [0.25, 0.3) is 0 Å². The number of amidine groups is 1. The van der Waals surface area contributed by atoms with Gasteiger partial charge in [-0.1, -0.05) is 146 Å². The van der Waals surface area contributed by atoms with Gasteiger partial charge >= 0.3 is 0 Å². The van der Waals surface area contributed by atoms with Crippen molar-refractivity contribution in [3.05, 3.63) is 169 Å². The summed E-state index contributed by atoms with van der Waals surface area (Å²) in [6.45, 7) is 0. The molecule has 0 saturated carbocycles. The van der Waals surface area contributed by atoms with E-state index in [2.05, 4.69) is 149 Å². The summed E-state index contributed by atoms with van der Waals surface area (Å²) < 4.78 is 9.13. The smallest absolute Gasteiger partial charge is 0.211 e. The molecule has 3 heterocycles. The summed E-state index contributed by atoms with van der Waals surface area (Å²) in [6.07, 6.45) is -0.540. The highest BCUT2D eigenvalue weighted by Gasteiger charge is 2.26. The fraction of sp³-hybridized carbons (Fsp3) is 0.0233. The van der Waals surface area contributed by atoms with E-state index in [4.69, 9.17) is 14.4 Å². The lowest BCUT2D eigenvalue weighted by Gasteiger charge is -2.23. The van der Waals surface area contributed by atoms with Gasteiger partial charge in [0.2, 0.25) is 5.96 Å². The quantitative estimate of drug-likeness (QED) is 0.215. The van der Waals surface area contributed by atoms with Crippen LogP contribution in [0.25, 0.3) is 65.6 Å². The molecule has 10 rings (SSSR count). The van der Waals surface area contributed by atoms with E-state index >= 15 is 0 Å². The molecule has 1 N–H and O–H groups in total. The second-order valence-electron chi connectivity index (χ2n) is 12.2. The van der Waals surface area contributed by atoms with Crippen LogP contribution in [0.3, 0.4) is 0 Å². The summed E-state index contributed by atoms with van der Waals surface area (Å²) in [5.41, 5.74) is 7.96. The Morgan fingerprint density at radius 3 is 1.85 bits per heavy atom. The number of benzene rings is 7. The third-order valence-electron chi connectivity index (χ3n) is 9.48. The van der Waals surface area contributed by atoms with Crippen molar-refractivity contribution in [2.75, 3.05) is 0 Å². The Labute approximate surface area is 276 Å². The third kappa shape index (κ3) is 4.04. The first-order valence-corrected chi connectivity index (χ1v) is 16.2. The van der Waals surface area contributed by atoms with Gasteiger partial charge in [0.05, 0.1) is 11.0 Å². The van der Waals surface area contributed by atoms with Crippen molar-refractivity contribution < 1.29 is 4.42 Å². The molecule has 0 amide bonds. The van der Waals surface area contributed by atoms with E-state index < -0.39 is 6.17 Å². The second-order valence-corrected chi connectivity index (χ2v) is 12.2. The number of fused-ring (bicyclic) bond motifs is 7. The van der Waals surface area contributed by atoms with Gasteiger partial charge in [0, 0.05) is 38.2 Å². The minimum atomic E-state index is -0.540.